The number of hydrogen-bond acceptors (Lipinski definition) is 11. The molecule has 2 atom stereocenters. The van der Waals surface area contributed by atoms with Gasteiger partial charge in [0, 0.05) is 80.6 Å². The number of anilines is 2. The zero-order chi connectivity index (χ0) is 43.1. The number of fused-ring (bicyclic) bond motifs is 2. The summed E-state index contributed by atoms with van der Waals surface area (Å²) in [5.74, 6) is -1.58. The number of carbonyl (C=O) groups excluding carboxylic acids is 5. The minimum Gasteiger partial charge on any atom is -0.490 e. The number of rotatable bonds is 9. The average molecular weight is 841 g/mol. The van der Waals surface area contributed by atoms with Gasteiger partial charge in [0.2, 0.25) is 11.8 Å². The number of halogens is 1. The second-order valence-corrected chi connectivity index (χ2v) is 17.3. The summed E-state index contributed by atoms with van der Waals surface area (Å²) >= 11 is 0. The summed E-state index contributed by atoms with van der Waals surface area (Å²) in [6.07, 6.45) is 6.66. The van der Waals surface area contributed by atoms with Crippen LogP contribution in [0.1, 0.15) is 94.9 Å². The monoisotopic (exact) mass is 840 g/mol. The molecule has 62 heavy (non-hydrogen) atoms. The topological polar surface area (TPSA) is 168 Å². The molecule has 1 aromatic heterocycles. The molecule has 3 saturated heterocycles. The lowest BCUT2D eigenvalue weighted by atomic mass is 9.92. The fraction of sp³-hybridized carbons (Fsp3) is 0.426. The van der Waals surface area contributed by atoms with Gasteiger partial charge in [-0.25, -0.2) is 4.39 Å². The van der Waals surface area contributed by atoms with Gasteiger partial charge in [0.1, 0.15) is 23.7 Å². The van der Waals surface area contributed by atoms with Gasteiger partial charge in [0.15, 0.2) is 0 Å². The summed E-state index contributed by atoms with van der Waals surface area (Å²) in [6.45, 7) is 6.89. The van der Waals surface area contributed by atoms with Crippen LogP contribution in [0.3, 0.4) is 0 Å². The van der Waals surface area contributed by atoms with Crippen LogP contribution in [0, 0.1) is 23.1 Å². The summed E-state index contributed by atoms with van der Waals surface area (Å²) < 4.78 is 21.9. The number of piperazine rings is 1. The Labute approximate surface area is 359 Å². The molecule has 9 rings (SSSR count). The third-order valence-electron chi connectivity index (χ3n) is 13.4. The smallest absolute Gasteiger partial charge is 0.262 e. The van der Waals surface area contributed by atoms with Crippen LogP contribution in [0.4, 0.5) is 15.8 Å². The van der Waals surface area contributed by atoms with Crippen LogP contribution in [-0.4, -0.2) is 108 Å². The number of aromatic nitrogens is 1. The van der Waals surface area contributed by atoms with Crippen LogP contribution in [0.25, 0.3) is 10.9 Å². The highest BCUT2D eigenvalue weighted by atomic mass is 19.1. The van der Waals surface area contributed by atoms with Gasteiger partial charge in [-0.3, -0.25) is 44.1 Å². The fourth-order valence-corrected chi connectivity index (χ4v) is 9.86. The van der Waals surface area contributed by atoms with E-state index in [0.717, 1.165) is 93.8 Å². The van der Waals surface area contributed by atoms with Crippen LogP contribution in [0.2, 0.25) is 0 Å². The molecule has 1 aliphatic carbocycles. The molecule has 320 valence electrons. The minimum atomic E-state index is -0.995. The molecular weight excluding hydrogens is 792 g/mol. The second kappa shape index (κ2) is 17.2. The van der Waals surface area contributed by atoms with Crippen molar-refractivity contribution in [3.8, 4) is 11.8 Å². The van der Waals surface area contributed by atoms with Crippen LogP contribution >= 0.6 is 0 Å². The SMILES string of the molecule is C[C@H]1CN(c2ccc3c(c2)C(=O)N(C2CCC(=O)NC2=O)C3=O)CCN1CC1CCN(c2ccc(C(=O)N[C@H]3CC[C@H](Oc4ccc(C#N)c5ncccc45)CC3)cc2F)CC1. The molecule has 15 heteroatoms. The van der Waals surface area contributed by atoms with Crippen LogP contribution in [0.5, 0.6) is 5.75 Å². The number of hydrogen-bond donors (Lipinski definition) is 2. The first-order valence-electron chi connectivity index (χ1n) is 21.7. The molecule has 4 aliphatic heterocycles. The van der Waals surface area contributed by atoms with Crippen molar-refractivity contribution in [2.75, 3.05) is 49.1 Å². The van der Waals surface area contributed by atoms with Crippen molar-refractivity contribution < 1.29 is 33.1 Å². The molecular formula is C47H49FN8O6. The fourth-order valence-electron chi connectivity index (χ4n) is 9.86. The Bertz CT molecular complexity index is 2490. The molecule has 0 radical (unpaired) electrons. The molecule has 1 saturated carbocycles. The third kappa shape index (κ3) is 8.07. The van der Waals surface area contributed by atoms with E-state index in [1.165, 1.54) is 6.07 Å². The van der Waals surface area contributed by atoms with E-state index in [4.69, 9.17) is 4.74 Å². The molecule has 4 aromatic rings. The van der Waals surface area contributed by atoms with Crippen molar-refractivity contribution in [1.29, 1.82) is 5.26 Å². The number of carbonyl (C=O) groups is 5. The first kappa shape index (κ1) is 41.0. The maximum absolute atomic E-state index is 15.6. The maximum atomic E-state index is 15.6. The van der Waals surface area contributed by atoms with Gasteiger partial charge >= 0.3 is 0 Å². The highest BCUT2D eigenvalue weighted by Gasteiger charge is 2.45. The molecule has 3 aromatic carbocycles. The van der Waals surface area contributed by atoms with Crippen molar-refractivity contribution in [3.63, 3.8) is 0 Å². The van der Waals surface area contributed by atoms with Crippen LogP contribution < -0.4 is 25.2 Å². The van der Waals surface area contributed by atoms with Crippen molar-refractivity contribution in [3.05, 3.63) is 94.9 Å². The number of piperidine rings is 2. The summed E-state index contributed by atoms with van der Waals surface area (Å²) in [4.78, 5) is 76.1. The van der Waals surface area contributed by atoms with E-state index in [0.29, 0.717) is 34.0 Å². The lowest BCUT2D eigenvalue weighted by molar-refractivity contribution is -0.136. The Hall–Kier alpha value is -6.40. The molecule has 0 bridgehead atoms. The number of nitriles is 1. The molecule has 5 heterocycles. The molecule has 4 fully saturated rings. The summed E-state index contributed by atoms with van der Waals surface area (Å²) in [6, 6.07) is 18.7. The van der Waals surface area contributed by atoms with Crippen LogP contribution in [-0.2, 0) is 9.59 Å². The summed E-state index contributed by atoms with van der Waals surface area (Å²) in [5.41, 5.74) is 3.34. The van der Waals surface area contributed by atoms with E-state index >= 15 is 4.39 Å². The van der Waals surface area contributed by atoms with Gasteiger partial charge in [0.25, 0.3) is 17.7 Å². The van der Waals surface area contributed by atoms with Crippen molar-refractivity contribution in [1.82, 2.24) is 25.4 Å². The Morgan fingerprint density at radius 3 is 2.44 bits per heavy atom. The largest absolute Gasteiger partial charge is 0.490 e. The molecule has 14 nitrogen and oxygen atoms in total. The molecule has 5 aliphatic rings. The lowest BCUT2D eigenvalue weighted by Gasteiger charge is -2.43. The lowest BCUT2D eigenvalue weighted by Crippen LogP contribution is -2.54. The van der Waals surface area contributed by atoms with Crippen molar-refractivity contribution in [2.24, 2.45) is 5.92 Å². The number of pyridine rings is 1. The zero-order valence-electron chi connectivity index (χ0n) is 34.6. The Morgan fingerprint density at radius 2 is 1.69 bits per heavy atom. The second-order valence-electron chi connectivity index (χ2n) is 17.3. The Kier molecular flexibility index (Phi) is 11.3. The van der Waals surface area contributed by atoms with Gasteiger partial charge in [-0.15, -0.1) is 0 Å². The van der Waals surface area contributed by atoms with E-state index in [-0.39, 0.29) is 48.1 Å². The first-order chi connectivity index (χ1) is 30.0. The summed E-state index contributed by atoms with van der Waals surface area (Å²) in [5, 5.41) is 15.6. The minimum absolute atomic E-state index is 0.0248. The highest BCUT2D eigenvalue weighted by molar-refractivity contribution is 6.23. The zero-order valence-corrected chi connectivity index (χ0v) is 34.6. The first-order valence-corrected chi connectivity index (χ1v) is 21.7. The molecule has 0 spiro atoms. The third-order valence-corrected chi connectivity index (χ3v) is 13.4. The number of nitrogens with zero attached hydrogens (tertiary/aromatic N) is 6. The van der Waals surface area contributed by atoms with E-state index < -0.39 is 35.5 Å². The van der Waals surface area contributed by atoms with Gasteiger partial charge in [-0.05, 0) is 118 Å². The van der Waals surface area contributed by atoms with Crippen molar-refractivity contribution in [2.45, 2.75) is 82.5 Å². The van der Waals surface area contributed by atoms with E-state index in [9.17, 15) is 29.2 Å². The standard InChI is InChI=1S/C47H49FN8O6/c1-28-26-55(33-8-11-35-37(24-33)47(61)56(46(35)60)40-13-15-42(57)52-45(40)59)22-21-54(28)27-29-16-19-53(20-17-29)39-12-4-30(23-38(39)48)44(58)51-32-6-9-34(10-7-32)62-41-14-5-31(25-49)43-36(41)3-2-18-50-43/h2-5,8,11-12,14,18,23-24,28-29,32,34,40H,6-7,9-10,13,15-17,19-22,26-27H2,1H3,(H,51,58)(H,52,57,59)/t28-,32-,34-,40?/m0/s1. The van der Waals surface area contributed by atoms with E-state index in [1.54, 1.807) is 36.5 Å². The number of ether oxygens (including phenoxy) is 1. The molecule has 5 amide bonds. The molecule has 2 N–H and O–H groups in total. The number of amides is 5. The number of nitrogens with one attached hydrogen (secondary N) is 2. The maximum Gasteiger partial charge on any atom is 0.262 e. The Morgan fingerprint density at radius 1 is 0.903 bits per heavy atom. The van der Waals surface area contributed by atoms with Gasteiger partial charge in [-0.2, -0.15) is 5.26 Å². The highest BCUT2D eigenvalue weighted by Crippen LogP contribution is 2.34. The van der Waals surface area contributed by atoms with Gasteiger partial charge in [0.05, 0.1) is 34.0 Å². The number of benzene rings is 3. The predicted molar refractivity (Wildman–Crippen MR) is 228 cm³/mol. The van der Waals surface area contributed by atoms with Gasteiger partial charge < -0.3 is 19.9 Å². The normalized spacial score (nSPS) is 23.6. The van der Waals surface area contributed by atoms with Crippen molar-refractivity contribution >= 4 is 51.8 Å². The van der Waals surface area contributed by atoms with E-state index in [2.05, 4.69) is 43.3 Å². The average Bonchev–Trinajstić information content (AvgIpc) is 3.53. The quantitative estimate of drug-likeness (QED) is 0.213. The predicted octanol–water partition coefficient (Wildman–Crippen LogP) is 5.19. The summed E-state index contributed by atoms with van der Waals surface area (Å²) in [7, 11) is 0. The number of imide groups is 2. The molecule has 1 unspecified atom stereocenters. The van der Waals surface area contributed by atoms with Gasteiger partial charge in [-0.1, -0.05) is 0 Å². The Balaban J connectivity index is 0.726. The van der Waals surface area contributed by atoms with Crippen LogP contribution in [0.15, 0.2) is 66.9 Å². The van der Waals surface area contributed by atoms with E-state index in [1.807, 2.05) is 24.3 Å².